The fourth-order valence-corrected chi connectivity index (χ4v) is 5.66. The first-order chi connectivity index (χ1) is 14.6. The molecule has 5 heterocycles. The molecule has 30 heavy (non-hydrogen) atoms. The molecule has 1 saturated heterocycles. The summed E-state index contributed by atoms with van der Waals surface area (Å²) in [6, 6.07) is 7.94. The first kappa shape index (κ1) is 19.3. The molecule has 8 heteroatoms. The van der Waals surface area contributed by atoms with E-state index < -0.39 is 0 Å². The van der Waals surface area contributed by atoms with Gasteiger partial charge in [0.25, 0.3) is 5.91 Å². The number of nitrogens with two attached hydrogens (primary N) is 1. The average molecular weight is 425 g/mol. The first-order valence-electron chi connectivity index (χ1n) is 10.3. The quantitative estimate of drug-likeness (QED) is 0.690. The predicted molar refractivity (Wildman–Crippen MR) is 114 cm³/mol. The van der Waals surface area contributed by atoms with E-state index in [1.165, 1.54) is 16.8 Å². The maximum absolute atomic E-state index is 12.9. The summed E-state index contributed by atoms with van der Waals surface area (Å²) < 4.78 is 11.7. The van der Waals surface area contributed by atoms with Crippen LogP contribution in [-0.2, 0) is 23.2 Å². The van der Waals surface area contributed by atoms with Crippen molar-refractivity contribution in [1.82, 2.24) is 14.9 Å². The van der Waals surface area contributed by atoms with E-state index in [2.05, 4.69) is 16.0 Å². The maximum atomic E-state index is 12.9. The van der Waals surface area contributed by atoms with Gasteiger partial charge >= 0.3 is 0 Å². The van der Waals surface area contributed by atoms with Crippen LogP contribution in [0.4, 0.5) is 5.82 Å². The van der Waals surface area contributed by atoms with E-state index in [-0.39, 0.29) is 11.5 Å². The SMILES string of the molecule is CCc1ocnc1C(=O)N1CCC2(CC1)OCCc1sc(-c3cccc(N)n3)cc12. The fraction of sp³-hybridized carbons (Fsp3) is 0.409. The molecule has 2 aliphatic heterocycles. The normalized spacial score (nSPS) is 17.8. The van der Waals surface area contributed by atoms with E-state index in [4.69, 9.17) is 14.9 Å². The standard InChI is InChI=1S/C22H24N4O3S/c1-2-16-20(24-13-28-16)21(27)26-9-7-22(8-10-26)14-12-18(30-17(14)6-11-29-22)15-4-3-5-19(23)25-15/h3-5,12-13H,2,6-11H2,1H3,(H2,23,25). The number of aryl methyl sites for hydroxylation is 1. The lowest BCUT2D eigenvalue weighted by molar-refractivity contribution is -0.0926. The molecule has 0 unspecified atom stereocenters. The lowest BCUT2D eigenvalue weighted by Gasteiger charge is -2.43. The van der Waals surface area contributed by atoms with Gasteiger partial charge in [0.2, 0.25) is 0 Å². The third-order valence-corrected chi connectivity index (χ3v) is 7.27. The highest BCUT2D eigenvalue weighted by Crippen LogP contribution is 2.46. The second-order valence-corrected chi connectivity index (χ2v) is 8.89. The van der Waals surface area contributed by atoms with E-state index in [0.717, 1.165) is 29.8 Å². The van der Waals surface area contributed by atoms with Crippen LogP contribution in [0.5, 0.6) is 0 Å². The van der Waals surface area contributed by atoms with Crippen molar-refractivity contribution in [3.05, 3.63) is 52.6 Å². The minimum absolute atomic E-state index is 0.0542. The van der Waals surface area contributed by atoms with Crippen LogP contribution in [0.1, 0.15) is 46.5 Å². The Morgan fingerprint density at radius 2 is 2.17 bits per heavy atom. The Kier molecular flexibility index (Phi) is 4.83. The fourth-order valence-electron chi connectivity index (χ4n) is 4.46. The van der Waals surface area contributed by atoms with Gasteiger partial charge in [-0.1, -0.05) is 13.0 Å². The number of hydrogen-bond acceptors (Lipinski definition) is 7. The molecule has 3 aromatic rings. The minimum atomic E-state index is -0.336. The van der Waals surface area contributed by atoms with E-state index in [0.29, 0.717) is 43.4 Å². The van der Waals surface area contributed by atoms with Crippen molar-refractivity contribution in [2.24, 2.45) is 0 Å². The monoisotopic (exact) mass is 424 g/mol. The van der Waals surface area contributed by atoms with Gasteiger partial charge in [-0.2, -0.15) is 0 Å². The zero-order chi connectivity index (χ0) is 20.7. The number of pyridine rings is 1. The Morgan fingerprint density at radius 1 is 1.33 bits per heavy atom. The molecule has 0 aromatic carbocycles. The van der Waals surface area contributed by atoms with Gasteiger partial charge in [-0.3, -0.25) is 4.79 Å². The highest BCUT2D eigenvalue weighted by Gasteiger charge is 2.43. The third kappa shape index (κ3) is 3.20. The molecule has 1 amide bonds. The number of carbonyl (C=O) groups is 1. The van der Waals surface area contributed by atoms with Crippen molar-refractivity contribution in [2.75, 3.05) is 25.4 Å². The number of anilines is 1. The summed E-state index contributed by atoms with van der Waals surface area (Å²) in [4.78, 5) is 25.9. The Labute approximate surface area is 178 Å². The Morgan fingerprint density at radius 3 is 2.93 bits per heavy atom. The van der Waals surface area contributed by atoms with Gasteiger partial charge in [-0.25, -0.2) is 9.97 Å². The lowest BCUT2D eigenvalue weighted by Crippen LogP contribution is -2.48. The van der Waals surface area contributed by atoms with Crippen molar-refractivity contribution in [3.63, 3.8) is 0 Å². The van der Waals surface area contributed by atoms with Crippen LogP contribution in [0, 0.1) is 0 Å². The molecule has 0 saturated carbocycles. The van der Waals surface area contributed by atoms with Crippen molar-refractivity contribution >= 4 is 23.1 Å². The summed E-state index contributed by atoms with van der Waals surface area (Å²) in [5.41, 5.74) is 8.13. The molecule has 2 aliphatic rings. The second kappa shape index (κ2) is 7.52. The van der Waals surface area contributed by atoms with E-state index >= 15 is 0 Å². The molecule has 7 nitrogen and oxygen atoms in total. The first-order valence-corrected chi connectivity index (χ1v) is 11.1. The number of amides is 1. The number of ether oxygens (including phenoxy) is 1. The number of likely N-dealkylation sites (tertiary alicyclic amines) is 1. The summed E-state index contributed by atoms with van der Waals surface area (Å²) >= 11 is 1.77. The molecule has 0 atom stereocenters. The smallest absolute Gasteiger partial charge is 0.276 e. The van der Waals surface area contributed by atoms with Crippen molar-refractivity contribution < 1.29 is 13.9 Å². The molecule has 156 valence electrons. The molecular formula is C22H24N4O3S. The van der Waals surface area contributed by atoms with Crippen LogP contribution < -0.4 is 5.73 Å². The summed E-state index contributed by atoms with van der Waals surface area (Å²) in [6.07, 6.45) is 4.45. The molecule has 0 radical (unpaired) electrons. The summed E-state index contributed by atoms with van der Waals surface area (Å²) in [6.45, 7) is 3.93. The number of aromatic nitrogens is 2. The van der Waals surface area contributed by atoms with E-state index in [9.17, 15) is 4.79 Å². The van der Waals surface area contributed by atoms with E-state index in [1.54, 1.807) is 17.4 Å². The summed E-state index contributed by atoms with van der Waals surface area (Å²) in [5.74, 6) is 1.12. The summed E-state index contributed by atoms with van der Waals surface area (Å²) in [5, 5.41) is 0. The number of carbonyl (C=O) groups excluding carboxylic acids is 1. The molecule has 0 bridgehead atoms. The molecule has 1 fully saturated rings. The number of rotatable bonds is 3. The van der Waals surface area contributed by atoms with Gasteiger partial charge in [0, 0.05) is 30.8 Å². The van der Waals surface area contributed by atoms with Gasteiger partial charge in [0.05, 0.1) is 22.8 Å². The maximum Gasteiger partial charge on any atom is 0.276 e. The van der Waals surface area contributed by atoms with Crippen LogP contribution in [-0.4, -0.2) is 40.5 Å². The number of fused-ring (bicyclic) bond motifs is 2. The Balaban J connectivity index is 1.38. The topological polar surface area (TPSA) is 94.5 Å². The van der Waals surface area contributed by atoms with Gasteiger partial charge < -0.3 is 19.8 Å². The summed E-state index contributed by atoms with van der Waals surface area (Å²) in [7, 11) is 0. The van der Waals surface area contributed by atoms with Crippen LogP contribution in [0.3, 0.4) is 0 Å². The Bertz CT molecular complexity index is 1080. The average Bonchev–Trinajstić information content (AvgIpc) is 3.42. The predicted octanol–water partition coefficient (Wildman–Crippen LogP) is 3.65. The Hall–Kier alpha value is -2.71. The number of piperidine rings is 1. The lowest BCUT2D eigenvalue weighted by atomic mass is 9.82. The molecule has 5 rings (SSSR count). The molecule has 3 aromatic heterocycles. The second-order valence-electron chi connectivity index (χ2n) is 7.76. The molecule has 1 spiro atoms. The van der Waals surface area contributed by atoms with Gasteiger partial charge in [-0.15, -0.1) is 11.3 Å². The largest absolute Gasteiger partial charge is 0.448 e. The highest BCUT2D eigenvalue weighted by atomic mass is 32.1. The zero-order valence-corrected chi connectivity index (χ0v) is 17.7. The van der Waals surface area contributed by atoms with Gasteiger partial charge in [-0.05, 0) is 36.6 Å². The van der Waals surface area contributed by atoms with Crippen LogP contribution in [0.2, 0.25) is 0 Å². The molecular weight excluding hydrogens is 400 g/mol. The number of nitrogen functional groups attached to an aromatic ring is 1. The van der Waals surface area contributed by atoms with Crippen LogP contribution >= 0.6 is 11.3 Å². The van der Waals surface area contributed by atoms with Crippen LogP contribution in [0.25, 0.3) is 10.6 Å². The van der Waals surface area contributed by atoms with Gasteiger partial charge in [0.1, 0.15) is 11.6 Å². The van der Waals surface area contributed by atoms with Crippen molar-refractivity contribution in [2.45, 2.75) is 38.2 Å². The van der Waals surface area contributed by atoms with E-state index in [1.807, 2.05) is 24.0 Å². The minimum Gasteiger partial charge on any atom is -0.448 e. The van der Waals surface area contributed by atoms with Gasteiger partial charge in [0.15, 0.2) is 12.1 Å². The molecule has 0 aliphatic carbocycles. The number of thiophene rings is 1. The third-order valence-electron chi connectivity index (χ3n) is 6.05. The van der Waals surface area contributed by atoms with Crippen molar-refractivity contribution in [3.8, 4) is 10.6 Å². The highest BCUT2D eigenvalue weighted by molar-refractivity contribution is 7.15. The number of oxazole rings is 1. The number of hydrogen-bond donors (Lipinski definition) is 1. The molecule has 2 N–H and O–H groups in total. The number of nitrogens with zero attached hydrogens (tertiary/aromatic N) is 3. The van der Waals surface area contributed by atoms with Crippen molar-refractivity contribution in [1.29, 1.82) is 0 Å². The van der Waals surface area contributed by atoms with Crippen LogP contribution in [0.15, 0.2) is 35.1 Å². The zero-order valence-electron chi connectivity index (χ0n) is 16.9.